The molecule has 0 radical (unpaired) electrons. The topological polar surface area (TPSA) is 0 Å². The van der Waals surface area contributed by atoms with Crippen molar-refractivity contribution in [2.24, 2.45) is 5.41 Å². The Morgan fingerprint density at radius 2 is 1.67 bits per heavy atom. The maximum Gasteiger partial charge on any atom is 0.00324 e. The molecule has 1 aliphatic carbocycles. The molecule has 18 heavy (non-hydrogen) atoms. The number of hydrogen-bond acceptors (Lipinski definition) is 0. The molecule has 2 aromatic carbocycles. The van der Waals surface area contributed by atoms with E-state index in [0.717, 1.165) is 0 Å². The summed E-state index contributed by atoms with van der Waals surface area (Å²) in [4.78, 5) is 0. The first-order chi connectivity index (χ1) is 8.53. The van der Waals surface area contributed by atoms with Crippen LogP contribution in [0.3, 0.4) is 0 Å². The maximum atomic E-state index is 2.38. The molecular weight excluding hydrogens is 216 g/mol. The first kappa shape index (κ1) is 11.5. The fraction of sp³-hybridized carbons (Fsp3) is 0.333. The van der Waals surface area contributed by atoms with E-state index in [-0.39, 0.29) is 0 Å². The highest BCUT2D eigenvalue weighted by molar-refractivity contribution is 5.87. The monoisotopic (exact) mass is 236 g/mol. The Morgan fingerprint density at radius 1 is 1.00 bits per heavy atom. The molecule has 3 rings (SSSR count). The van der Waals surface area contributed by atoms with Crippen molar-refractivity contribution in [3.8, 4) is 0 Å². The predicted octanol–water partition coefficient (Wildman–Crippen LogP) is 5.39. The first-order valence-electron chi connectivity index (χ1n) is 6.74. The summed E-state index contributed by atoms with van der Waals surface area (Å²) >= 11 is 0. The molecule has 0 N–H and O–H groups in total. The van der Waals surface area contributed by atoms with Gasteiger partial charge in [-0.2, -0.15) is 0 Å². The molecule has 1 aliphatic rings. The summed E-state index contributed by atoms with van der Waals surface area (Å²) in [7, 11) is 0. The quantitative estimate of drug-likeness (QED) is 0.623. The summed E-state index contributed by atoms with van der Waals surface area (Å²) in [6.45, 7) is 6.96. The summed E-state index contributed by atoms with van der Waals surface area (Å²) in [5, 5.41) is 2.70. The van der Waals surface area contributed by atoms with E-state index in [2.05, 4.69) is 69.3 Å². The lowest BCUT2D eigenvalue weighted by atomic mass is 9.82. The van der Waals surface area contributed by atoms with Crippen molar-refractivity contribution in [1.82, 2.24) is 0 Å². The maximum absolute atomic E-state index is 2.38. The zero-order valence-corrected chi connectivity index (χ0v) is 11.4. The van der Waals surface area contributed by atoms with Crippen LogP contribution in [0.5, 0.6) is 0 Å². The highest BCUT2D eigenvalue weighted by atomic mass is 14.3. The molecule has 92 valence electrons. The van der Waals surface area contributed by atoms with Crippen molar-refractivity contribution >= 4 is 16.8 Å². The number of fused-ring (bicyclic) bond motifs is 2. The number of allylic oxidation sites excluding steroid dienone is 1. The number of hydrogen-bond donors (Lipinski definition) is 0. The molecule has 0 spiro atoms. The van der Waals surface area contributed by atoms with Gasteiger partial charge in [-0.05, 0) is 45.9 Å². The molecule has 0 bridgehead atoms. The van der Waals surface area contributed by atoms with Gasteiger partial charge in [0.1, 0.15) is 0 Å². The highest BCUT2D eigenvalue weighted by Gasteiger charge is 2.23. The molecule has 2 aromatic rings. The van der Waals surface area contributed by atoms with Crippen molar-refractivity contribution in [2.75, 3.05) is 0 Å². The predicted molar refractivity (Wildman–Crippen MR) is 79.8 cm³/mol. The number of rotatable bonds is 1. The van der Waals surface area contributed by atoms with E-state index >= 15 is 0 Å². The van der Waals surface area contributed by atoms with Gasteiger partial charge in [-0.1, -0.05) is 57.2 Å². The Labute approximate surface area is 109 Å². The molecule has 0 saturated heterocycles. The first-order valence-corrected chi connectivity index (χ1v) is 6.74. The van der Waals surface area contributed by atoms with Gasteiger partial charge in [0.05, 0.1) is 0 Å². The van der Waals surface area contributed by atoms with Crippen LogP contribution >= 0.6 is 0 Å². The van der Waals surface area contributed by atoms with E-state index in [1.54, 1.807) is 0 Å². The SMILES string of the molecule is CC(C)(C)CC1C=Cc2cc3ccccc3cc21. The largest absolute Gasteiger partial charge is 0.0764 e. The van der Waals surface area contributed by atoms with Crippen LogP contribution in [0.15, 0.2) is 42.5 Å². The van der Waals surface area contributed by atoms with E-state index in [0.29, 0.717) is 11.3 Å². The van der Waals surface area contributed by atoms with Crippen molar-refractivity contribution in [2.45, 2.75) is 33.1 Å². The third-order valence-corrected chi connectivity index (χ3v) is 3.69. The van der Waals surface area contributed by atoms with Gasteiger partial charge in [0.15, 0.2) is 0 Å². The zero-order chi connectivity index (χ0) is 12.8. The smallest absolute Gasteiger partial charge is 0.00324 e. The molecule has 1 atom stereocenters. The average Bonchev–Trinajstić information content (AvgIpc) is 2.67. The highest BCUT2D eigenvalue weighted by Crippen LogP contribution is 2.39. The van der Waals surface area contributed by atoms with Gasteiger partial charge in [-0.25, -0.2) is 0 Å². The molecule has 0 aliphatic heterocycles. The minimum Gasteiger partial charge on any atom is -0.0764 e. The molecule has 0 fully saturated rings. The second kappa shape index (κ2) is 3.98. The molecule has 0 heteroatoms. The van der Waals surface area contributed by atoms with Gasteiger partial charge in [-0.3, -0.25) is 0 Å². The summed E-state index contributed by atoms with van der Waals surface area (Å²) < 4.78 is 0. The third kappa shape index (κ3) is 2.08. The van der Waals surface area contributed by atoms with Gasteiger partial charge in [0.2, 0.25) is 0 Å². The van der Waals surface area contributed by atoms with E-state index in [4.69, 9.17) is 0 Å². The lowest BCUT2D eigenvalue weighted by Gasteiger charge is -2.23. The molecule has 1 unspecified atom stereocenters. The standard InChI is InChI=1S/C18H20/c1-18(2,3)12-16-9-8-15-10-13-6-4-5-7-14(13)11-17(15)16/h4-11,16H,12H2,1-3H3. The lowest BCUT2D eigenvalue weighted by Crippen LogP contribution is -2.09. The fourth-order valence-electron chi connectivity index (χ4n) is 2.90. The van der Waals surface area contributed by atoms with E-state index in [9.17, 15) is 0 Å². The second-order valence-electron chi connectivity index (χ2n) is 6.56. The van der Waals surface area contributed by atoms with Crippen LogP contribution in [0.2, 0.25) is 0 Å². The van der Waals surface area contributed by atoms with Gasteiger partial charge < -0.3 is 0 Å². The van der Waals surface area contributed by atoms with Crippen LogP contribution < -0.4 is 0 Å². The van der Waals surface area contributed by atoms with E-state index in [1.165, 1.54) is 28.3 Å². The zero-order valence-electron chi connectivity index (χ0n) is 11.4. The summed E-state index contributed by atoms with van der Waals surface area (Å²) in [5.74, 6) is 0.588. The molecule has 0 nitrogen and oxygen atoms in total. The number of benzene rings is 2. The molecule has 0 saturated carbocycles. The lowest BCUT2D eigenvalue weighted by molar-refractivity contribution is 0.362. The van der Waals surface area contributed by atoms with Crippen molar-refractivity contribution in [3.05, 3.63) is 53.6 Å². The Balaban J connectivity index is 2.05. The molecule has 0 heterocycles. The van der Waals surface area contributed by atoms with Crippen LogP contribution in [0.4, 0.5) is 0 Å². The fourth-order valence-corrected chi connectivity index (χ4v) is 2.90. The Hall–Kier alpha value is -1.56. The van der Waals surface area contributed by atoms with Crippen LogP contribution in [0.25, 0.3) is 16.8 Å². The normalized spacial score (nSPS) is 18.3. The average molecular weight is 236 g/mol. The molecule has 0 amide bonds. The van der Waals surface area contributed by atoms with Crippen LogP contribution in [0, 0.1) is 5.41 Å². The van der Waals surface area contributed by atoms with Crippen LogP contribution in [0.1, 0.15) is 44.2 Å². The van der Waals surface area contributed by atoms with Gasteiger partial charge >= 0.3 is 0 Å². The Bertz CT molecular complexity index is 611. The van der Waals surface area contributed by atoms with Crippen molar-refractivity contribution in [1.29, 1.82) is 0 Å². The minimum absolute atomic E-state index is 0.377. The Kier molecular flexibility index (Phi) is 2.55. The minimum atomic E-state index is 0.377. The van der Waals surface area contributed by atoms with Crippen LogP contribution in [-0.2, 0) is 0 Å². The summed E-state index contributed by atoms with van der Waals surface area (Å²) in [6, 6.07) is 13.3. The van der Waals surface area contributed by atoms with Gasteiger partial charge in [-0.15, -0.1) is 0 Å². The van der Waals surface area contributed by atoms with Crippen LogP contribution in [-0.4, -0.2) is 0 Å². The summed E-state index contributed by atoms with van der Waals surface area (Å²) in [5.41, 5.74) is 3.29. The van der Waals surface area contributed by atoms with E-state index in [1.807, 2.05) is 0 Å². The Morgan fingerprint density at radius 3 is 2.33 bits per heavy atom. The summed E-state index contributed by atoms with van der Waals surface area (Å²) in [6.07, 6.45) is 5.88. The van der Waals surface area contributed by atoms with Crippen molar-refractivity contribution in [3.63, 3.8) is 0 Å². The second-order valence-corrected chi connectivity index (χ2v) is 6.56. The van der Waals surface area contributed by atoms with Gasteiger partial charge in [0.25, 0.3) is 0 Å². The van der Waals surface area contributed by atoms with Crippen molar-refractivity contribution < 1.29 is 0 Å². The third-order valence-electron chi connectivity index (χ3n) is 3.69. The molecule has 0 aromatic heterocycles. The molecular formula is C18H20. The van der Waals surface area contributed by atoms with E-state index < -0.39 is 0 Å². The van der Waals surface area contributed by atoms with Gasteiger partial charge in [0, 0.05) is 5.92 Å².